The molecule has 0 amide bonds. The van der Waals surface area contributed by atoms with Crippen molar-refractivity contribution in [2.45, 2.75) is 84.7 Å². The molecule has 1 heterocycles. The molecule has 0 N–H and O–H groups in total. The number of hydrogen-bond acceptors (Lipinski definition) is 1. The van der Waals surface area contributed by atoms with Crippen LogP contribution < -0.4 is 0 Å². The molecule has 1 aliphatic heterocycles. The lowest BCUT2D eigenvalue weighted by Crippen LogP contribution is -2.51. The Bertz CT molecular complexity index is 275. The summed E-state index contributed by atoms with van der Waals surface area (Å²) in [6, 6.07) is 0. The monoisotopic (exact) mass is 310 g/mol. The van der Waals surface area contributed by atoms with E-state index < -0.39 is 0 Å². The predicted molar refractivity (Wildman–Crippen MR) is 97.2 cm³/mol. The molecule has 1 atom stereocenters. The highest BCUT2D eigenvalue weighted by atomic mass is 16.6. The van der Waals surface area contributed by atoms with Crippen LogP contribution in [0, 0.1) is 0 Å². The molecular formula is C20H40NO+. The number of rotatable bonds is 15. The van der Waals surface area contributed by atoms with E-state index in [1.54, 1.807) is 0 Å². The fourth-order valence-electron chi connectivity index (χ4n) is 3.25. The zero-order valence-electron chi connectivity index (χ0n) is 15.5. The Morgan fingerprint density at radius 1 is 0.864 bits per heavy atom. The average Bonchev–Trinajstić information content (AvgIpc) is 3.34. The Morgan fingerprint density at radius 2 is 1.50 bits per heavy atom. The summed E-state index contributed by atoms with van der Waals surface area (Å²) in [4.78, 5) is 0. The normalized spacial score (nSPS) is 18.2. The van der Waals surface area contributed by atoms with Crippen molar-refractivity contribution in [1.29, 1.82) is 0 Å². The molecule has 1 saturated heterocycles. The van der Waals surface area contributed by atoms with Gasteiger partial charge >= 0.3 is 0 Å². The molecule has 0 aromatic heterocycles. The Labute approximate surface area is 139 Å². The van der Waals surface area contributed by atoms with Gasteiger partial charge in [0, 0.05) is 0 Å². The average molecular weight is 311 g/mol. The quantitative estimate of drug-likeness (QED) is 0.172. The maximum Gasteiger partial charge on any atom is 0.130 e. The van der Waals surface area contributed by atoms with E-state index in [0.29, 0.717) is 6.10 Å². The van der Waals surface area contributed by atoms with E-state index in [0.717, 1.165) is 6.61 Å². The third-order valence-corrected chi connectivity index (χ3v) is 4.85. The highest BCUT2D eigenvalue weighted by Gasteiger charge is 2.35. The first-order valence-electron chi connectivity index (χ1n) is 9.88. The van der Waals surface area contributed by atoms with Crippen molar-refractivity contribution in [2.24, 2.45) is 0 Å². The molecule has 0 aromatic carbocycles. The molecule has 2 nitrogen and oxygen atoms in total. The number of hydrogen-bond donors (Lipinski definition) is 0. The predicted octanol–water partition coefficient (Wildman–Crippen LogP) is 5.33. The zero-order valence-corrected chi connectivity index (χ0v) is 15.5. The Kier molecular flexibility index (Phi) is 10.9. The summed E-state index contributed by atoms with van der Waals surface area (Å²) in [5.41, 5.74) is 0. The molecule has 130 valence electrons. The van der Waals surface area contributed by atoms with Crippen LogP contribution in [0.3, 0.4) is 0 Å². The van der Waals surface area contributed by atoms with Crippen LogP contribution >= 0.6 is 0 Å². The Balaban J connectivity index is 2.44. The minimum atomic E-state index is 0.548. The van der Waals surface area contributed by atoms with Crippen LogP contribution in [-0.2, 0) is 4.74 Å². The number of epoxide rings is 1. The van der Waals surface area contributed by atoms with E-state index in [2.05, 4.69) is 32.9 Å². The molecule has 0 radical (unpaired) electrons. The zero-order chi connectivity index (χ0) is 16.1. The third kappa shape index (κ3) is 8.95. The van der Waals surface area contributed by atoms with Crippen LogP contribution in [0.2, 0.25) is 0 Å². The molecule has 22 heavy (non-hydrogen) atoms. The summed E-state index contributed by atoms with van der Waals surface area (Å²) >= 11 is 0. The molecule has 1 aliphatic rings. The lowest BCUT2D eigenvalue weighted by Gasteiger charge is -2.38. The second-order valence-electron chi connectivity index (χ2n) is 7.14. The number of ether oxygens (including phenoxy) is 1. The third-order valence-electron chi connectivity index (χ3n) is 4.85. The minimum absolute atomic E-state index is 0.548. The number of quaternary nitrogens is 1. The van der Waals surface area contributed by atoms with Crippen molar-refractivity contribution in [2.75, 3.05) is 32.8 Å². The van der Waals surface area contributed by atoms with Gasteiger partial charge in [-0.2, -0.15) is 0 Å². The summed E-state index contributed by atoms with van der Waals surface area (Å²) < 4.78 is 6.82. The van der Waals surface area contributed by atoms with Gasteiger partial charge in [-0.05, 0) is 31.8 Å². The first-order valence-corrected chi connectivity index (χ1v) is 9.88. The van der Waals surface area contributed by atoms with Crippen LogP contribution in [0.15, 0.2) is 12.2 Å². The summed E-state index contributed by atoms with van der Waals surface area (Å²) in [6.45, 7) is 13.0. The fraction of sp³-hybridized carbons (Fsp3) is 0.900. The summed E-state index contributed by atoms with van der Waals surface area (Å²) in [5, 5.41) is 0. The van der Waals surface area contributed by atoms with Gasteiger partial charge in [0.2, 0.25) is 0 Å². The van der Waals surface area contributed by atoms with Crippen molar-refractivity contribution in [3.8, 4) is 0 Å². The highest BCUT2D eigenvalue weighted by Crippen LogP contribution is 2.20. The van der Waals surface area contributed by atoms with Gasteiger partial charge in [0.15, 0.2) is 0 Å². The SMILES string of the molecule is CCCCCC/C=C/C[N+](CCCC)(CCCC)CC1CO1. The minimum Gasteiger partial charge on any atom is -0.367 e. The largest absolute Gasteiger partial charge is 0.367 e. The van der Waals surface area contributed by atoms with Gasteiger partial charge in [-0.3, -0.25) is 0 Å². The van der Waals surface area contributed by atoms with Crippen LogP contribution in [0.4, 0.5) is 0 Å². The number of allylic oxidation sites excluding steroid dienone is 1. The second-order valence-corrected chi connectivity index (χ2v) is 7.14. The van der Waals surface area contributed by atoms with E-state index in [4.69, 9.17) is 4.74 Å². The molecule has 0 aliphatic carbocycles. The van der Waals surface area contributed by atoms with Crippen LogP contribution in [0.1, 0.15) is 78.6 Å². The maximum atomic E-state index is 5.56. The molecule has 0 saturated carbocycles. The topological polar surface area (TPSA) is 12.5 Å². The first kappa shape index (κ1) is 19.7. The van der Waals surface area contributed by atoms with Crippen molar-refractivity contribution in [3.63, 3.8) is 0 Å². The van der Waals surface area contributed by atoms with Gasteiger partial charge in [-0.1, -0.05) is 59.0 Å². The highest BCUT2D eigenvalue weighted by molar-refractivity contribution is 4.83. The molecule has 1 rings (SSSR count). The first-order chi connectivity index (χ1) is 10.8. The molecule has 1 unspecified atom stereocenters. The molecule has 0 aromatic rings. The van der Waals surface area contributed by atoms with Crippen molar-refractivity contribution < 1.29 is 9.22 Å². The Hall–Kier alpha value is -0.340. The fourth-order valence-corrected chi connectivity index (χ4v) is 3.25. The lowest BCUT2D eigenvalue weighted by atomic mass is 10.1. The smallest absolute Gasteiger partial charge is 0.130 e. The summed E-state index contributed by atoms with van der Waals surface area (Å²) in [6.07, 6.45) is 17.5. The van der Waals surface area contributed by atoms with Gasteiger partial charge in [0.25, 0.3) is 0 Å². The van der Waals surface area contributed by atoms with Gasteiger partial charge in [0.05, 0.1) is 26.2 Å². The van der Waals surface area contributed by atoms with Crippen molar-refractivity contribution in [3.05, 3.63) is 12.2 Å². The van der Waals surface area contributed by atoms with E-state index >= 15 is 0 Å². The van der Waals surface area contributed by atoms with Gasteiger partial charge < -0.3 is 9.22 Å². The van der Waals surface area contributed by atoms with E-state index in [9.17, 15) is 0 Å². The van der Waals surface area contributed by atoms with Crippen molar-refractivity contribution in [1.82, 2.24) is 0 Å². The second kappa shape index (κ2) is 12.1. The van der Waals surface area contributed by atoms with Gasteiger partial charge in [0.1, 0.15) is 12.6 Å². The summed E-state index contributed by atoms with van der Waals surface area (Å²) in [7, 11) is 0. The summed E-state index contributed by atoms with van der Waals surface area (Å²) in [5.74, 6) is 0. The van der Waals surface area contributed by atoms with Crippen molar-refractivity contribution >= 4 is 0 Å². The standard InChI is InChI=1S/C20H40NO/c1-4-7-10-11-12-13-14-17-21(15-8-5-2,16-9-6-3)18-20-19-22-20/h13-14,20H,4-12,15-19H2,1-3H3/q+1/b14-13+. The number of unbranched alkanes of at least 4 members (excludes halogenated alkanes) is 6. The lowest BCUT2D eigenvalue weighted by molar-refractivity contribution is -0.923. The number of nitrogens with zero attached hydrogens (tertiary/aromatic N) is 1. The maximum absolute atomic E-state index is 5.56. The van der Waals surface area contributed by atoms with E-state index in [1.807, 2.05) is 0 Å². The molecule has 0 spiro atoms. The van der Waals surface area contributed by atoms with Crippen LogP contribution in [0.25, 0.3) is 0 Å². The van der Waals surface area contributed by atoms with Gasteiger partial charge in [-0.15, -0.1) is 0 Å². The van der Waals surface area contributed by atoms with Gasteiger partial charge in [-0.25, -0.2) is 0 Å². The van der Waals surface area contributed by atoms with Crippen LogP contribution in [-0.4, -0.2) is 43.4 Å². The van der Waals surface area contributed by atoms with E-state index in [1.165, 1.54) is 88.4 Å². The molecule has 2 heteroatoms. The van der Waals surface area contributed by atoms with E-state index in [-0.39, 0.29) is 0 Å². The molecule has 0 bridgehead atoms. The molecule has 1 fully saturated rings. The van der Waals surface area contributed by atoms with Crippen LogP contribution in [0.5, 0.6) is 0 Å². The molecular weight excluding hydrogens is 270 g/mol. The Morgan fingerprint density at radius 3 is 2.05 bits per heavy atom.